The molecule has 0 radical (unpaired) electrons. The van der Waals surface area contributed by atoms with Crippen LogP contribution in [0, 0.1) is 0 Å². The van der Waals surface area contributed by atoms with Gasteiger partial charge in [0.05, 0.1) is 12.4 Å². The third-order valence-electron chi connectivity index (χ3n) is 2.66. The number of aromatic nitrogens is 1. The van der Waals surface area contributed by atoms with E-state index in [1.807, 2.05) is 0 Å². The van der Waals surface area contributed by atoms with E-state index in [1.54, 1.807) is 24.3 Å². The van der Waals surface area contributed by atoms with E-state index in [9.17, 15) is 17.5 Å². The van der Waals surface area contributed by atoms with Crippen molar-refractivity contribution in [3.05, 3.63) is 30.3 Å². The van der Waals surface area contributed by atoms with Gasteiger partial charge in [0.1, 0.15) is 5.03 Å². The molecule has 10 nitrogen and oxygen atoms in total. The molecule has 0 fully saturated rings. The molecule has 128 valence electrons. The number of phosphoric ester groups is 1. The molecular weight excluding hydrogens is 372 g/mol. The Balaban J connectivity index is 2.04. The highest BCUT2D eigenvalue weighted by Crippen LogP contribution is 2.57. The zero-order valence-corrected chi connectivity index (χ0v) is 14.0. The first-order valence-electron chi connectivity index (χ1n) is 6.03. The van der Waals surface area contributed by atoms with Crippen molar-refractivity contribution in [3.63, 3.8) is 0 Å². The summed E-state index contributed by atoms with van der Waals surface area (Å²) >= 11 is 0. The van der Waals surface area contributed by atoms with Crippen molar-refractivity contribution >= 4 is 36.4 Å². The molecule has 1 aromatic carbocycles. The van der Waals surface area contributed by atoms with Crippen LogP contribution >= 0.6 is 15.6 Å². The van der Waals surface area contributed by atoms with Gasteiger partial charge in [-0.3, -0.25) is 4.52 Å². The quantitative estimate of drug-likeness (QED) is 0.512. The lowest BCUT2D eigenvalue weighted by Crippen LogP contribution is -2.12. The molecule has 1 aromatic heterocycles. The van der Waals surface area contributed by atoms with Crippen LogP contribution < -0.4 is 0 Å². The predicted molar refractivity (Wildman–Crippen MR) is 79.3 cm³/mol. The molecule has 0 bridgehead atoms. The van der Waals surface area contributed by atoms with E-state index >= 15 is 0 Å². The number of nitrogens with one attached hydrogen (secondary N) is 1. The second-order valence-corrected chi connectivity index (χ2v) is 9.32. The van der Waals surface area contributed by atoms with Gasteiger partial charge < -0.3 is 19.7 Å². The molecule has 1 heterocycles. The van der Waals surface area contributed by atoms with Gasteiger partial charge in [-0.25, -0.2) is 17.5 Å². The van der Waals surface area contributed by atoms with E-state index in [4.69, 9.17) is 14.7 Å². The van der Waals surface area contributed by atoms with Gasteiger partial charge in [-0.05, 0) is 12.1 Å². The lowest BCUT2D eigenvalue weighted by Gasteiger charge is -2.12. The standard InChI is InChI=1S/C10H13NO9P2S/c12-21(13,14)20-22(15,16)19-5-6-23(17,18)10-7-8-3-1-2-4-9(8)11-10/h1-4,7,11H,5-6H2,(H,15,16)(H2,12,13,14). The third kappa shape index (κ3) is 5.23. The highest BCUT2D eigenvalue weighted by Gasteiger charge is 2.32. The van der Waals surface area contributed by atoms with Crippen LogP contribution in [0.2, 0.25) is 0 Å². The summed E-state index contributed by atoms with van der Waals surface area (Å²) in [6.45, 7) is -0.786. The highest BCUT2D eigenvalue weighted by molar-refractivity contribution is 7.91. The summed E-state index contributed by atoms with van der Waals surface area (Å²) in [7, 11) is -14.1. The van der Waals surface area contributed by atoms with Crippen molar-refractivity contribution in [3.8, 4) is 0 Å². The Bertz CT molecular complexity index is 867. The highest BCUT2D eigenvalue weighted by atomic mass is 32.2. The topological polar surface area (TPSA) is 163 Å². The molecular formula is C10H13NO9P2S. The molecule has 4 N–H and O–H groups in total. The maximum atomic E-state index is 12.1. The molecule has 0 aliphatic heterocycles. The van der Waals surface area contributed by atoms with E-state index < -0.39 is 37.8 Å². The monoisotopic (exact) mass is 385 g/mol. The first-order valence-corrected chi connectivity index (χ1v) is 10.7. The minimum Gasteiger partial charge on any atom is -0.346 e. The Hall–Kier alpha value is -1.03. The number of sulfone groups is 1. The van der Waals surface area contributed by atoms with E-state index in [2.05, 4.69) is 13.8 Å². The SMILES string of the molecule is O=P(O)(O)OP(=O)(O)OCCS(=O)(=O)c1cc2ccccc2[nH]1. The van der Waals surface area contributed by atoms with E-state index in [1.165, 1.54) is 6.07 Å². The number of phosphoric acid groups is 2. The minimum absolute atomic E-state index is 0.106. The summed E-state index contributed by atoms with van der Waals surface area (Å²) < 4.78 is 53.7. The molecule has 1 unspecified atom stereocenters. The van der Waals surface area contributed by atoms with Gasteiger partial charge >= 0.3 is 15.6 Å². The van der Waals surface area contributed by atoms with Crippen molar-refractivity contribution in [1.82, 2.24) is 4.98 Å². The van der Waals surface area contributed by atoms with Crippen LogP contribution in [-0.2, 0) is 27.8 Å². The number of para-hydroxylation sites is 1. The summed E-state index contributed by atoms with van der Waals surface area (Å²) in [5, 5.41) is 0.565. The summed E-state index contributed by atoms with van der Waals surface area (Å²) in [6, 6.07) is 8.24. The van der Waals surface area contributed by atoms with Gasteiger partial charge in [-0.15, -0.1) is 0 Å². The molecule has 23 heavy (non-hydrogen) atoms. The van der Waals surface area contributed by atoms with Gasteiger partial charge in [0.15, 0.2) is 9.84 Å². The van der Waals surface area contributed by atoms with Crippen molar-refractivity contribution < 1.29 is 41.1 Å². The normalized spacial score (nSPS) is 15.6. The summed E-state index contributed by atoms with van der Waals surface area (Å²) in [5.74, 6) is -0.686. The Morgan fingerprint density at radius 1 is 1.13 bits per heavy atom. The van der Waals surface area contributed by atoms with Crippen molar-refractivity contribution in [2.24, 2.45) is 0 Å². The van der Waals surface area contributed by atoms with E-state index in [-0.39, 0.29) is 5.03 Å². The number of hydrogen-bond donors (Lipinski definition) is 4. The van der Waals surface area contributed by atoms with Crippen molar-refractivity contribution in [1.29, 1.82) is 0 Å². The molecule has 0 aliphatic carbocycles. The average molecular weight is 385 g/mol. The fourth-order valence-corrected chi connectivity index (χ4v) is 4.55. The number of H-pyrrole nitrogens is 1. The fraction of sp³-hybridized carbons (Fsp3) is 0.200. The Morgan fingerprint density at radius 2 is 1.78 bits per heavy atom. The van der Waals surface area contributed by atoms with Crippen LogP contribution in [0.5, 0.6) is 0 Å². The molecule has 0 saturated heterocycles. The zero-order chi connectivity index (χ0) is 17.3. The zero-order valence-electron chi connectivity index (χ0n) is 11.4. The van der Waals surface area contributed by atoms with Gasteiger partial charge in [0.25, 0.3) is 0 Å². The number of aromatic amines is 1. The minimum atomic E-state index is -5.24. The van der Waals surface area contributed by atoms with E-state index in [0.717, 1.165) is 0 Å². The van der Waals surface area contributed by atoms with Gasteiger partial charge in [0, 0.05) is 10.9 Å². The first kappa shape index (κ1) is 18.3. The Morgan fingerprint density at radius 3 is 2.39 bits per heavy atom. The molecule has 13 heteroatoms. The smallest absolute Gasteiger partial charge is 0.346 e. The van der Waals surface area contributed by atoms with Crippen LogP contribution in [0.1, 0.15) is 0 Å². The third-order valence-corrected chi connectivity index (χ3v) is 6.44. The molecule has 0 amide bonds. The number of benzene rings is 1. The van der Waals surface area contributed by atoms with Crippen LogP contribution in [0.3, 0.4) is 0 Å². The molecule has 0 spiro atoms. The molecule has 0 saturated carbocycles. The molecule has 1 atom stereocenters. The molecule has 2 rings (SSSR count). The summed E-state index contributed by atoms with van der Waals surface area (Å²) in [5.41, 5.74) is 0.602. The van der Waals surface area contributed by atoms with Gasteiger partial charge in [-0.2, -0.15) is 4.31 Å². The Labute approximate surface area is 130 Å². The second-order valence-electron chi connectivity index (χ2n) is 4.41. The maximum Gasteiger partial charge on any atom is 0.481 e. The van der Waals surface area contributed by atoms with Crippen LogP contribution in [0.4, 0.5) is 0 Å². The Kier molecular flexibility index (Phi) is 5.15. The van der Waals surface area contributed by atoms with Crippen molar-refractivity contribution in [2.75, 3.05) is 12.4 Å². The first-order chi connectivity index (χ1) is 10.5. The van der Waals surface area contributed by atoms with Gasteiger partial charge in [-0.1, -0.05) is 18.2 Å². The fourth-order valence-electron chi connectivity index (χ4n) is 1.74. The van der Waals surface area contributed by atoms with E-state index in [0.29, 0.717) is 10.9 Å². The molecule has 2 aromatic rings. The summed E-state index contributed by atoms with van der Waals surface area (Å²) in [4.78, 5) is 28.6. The summed E-state index contributed by atoms with van der Waals surface area (Å²) in [6.07, 6.45) is 0. The lowest BCUT2D eigenvalue weighted by atomic mass is 10.3. The lowest BCUT2D eigenvalue weighted by molar-refractivity contribution is 0.185. The largest absolute Gasteiger partial charge is 0.481 e. The van der Waals surface area contributed by atoms with Crippen molar-refractivity contribution in [2.45, 2.75) is 5.03 Å². The van der Waals surface area contributed by atoms with Crippen LogP contribution in [0.25, 0.3) is 10.9 Å². The second kappa shape index (κ2) is 6.46. The van der Waals surface area contributed by atoms with Crippen LogP contribution in [0.15, 0.2) is 35.4 Å². The average Bonchev–Trinajstić information content (AvgIpc) is 2.79. The van der Waals surface area contributed by atoms with Crippen LogP contribution in [-0.4, -0.2) is 40.4 Å². The maximum absolute atomic E-state index is 12.1. The molecule has 0 aliphatic rings. The number of fused-ring (bicyclic) bond motifs is 1. The number of rotatable bonds is 7. The number of hydrogen-bond acceptors (Lipinski definition) is 6. The predicted octanol–water partition coefficient (Wildman–Crippen LogP) is 1.17. The van der Waals surface area contributed by atoms with Gasteiger partial charge in [0.2, 0.25) is 0 Å².